The van der Waals surface area contributed by atoms with Crippen LogP contribution in [0.1, 0.15) is 10.5 Å². The molecule has 0 spiro atoms. The fourth-order valence-electron chi connectivity index (χ4n) is 0.814. The summed E-state index contributed by atoms with van der Waals surface area (Å²) < 4.78 is 5.33. The first-order chi connectivity index (χ1) is 5.99. The van der Waals surface area contributed by atoms with E-state index in [4.69, 9.17) is 3.07 Å². The van der Waals surface area contributed by atoms with Gasteiger partial charge in [-0.1, -0.05) is 0 Å². The molecule has 0 amide bonds. The zero-order valence-corrected chi connectivity index (χ0v) is 10.9. The molecule has 70 valence electrons. The summed E-state index contributed by atoms with van der Waals surface area (Å²) in [6.07, 6.45) is 1.59. The third-order valence-electron chi connectivity index (χ3n) is 1.27. The fourth-order valence-corrected chi connectivity index (χ4v) is 2.70. The summed E-state index contributed by atoms with van der Waals surface area (Å²) in [7, 11) is 0. The first-order valence-electron chi connectivity index (χ1n) is 4.13. The molecule has 0 saturated carbocycles. The van der Waals surface area contributed by atoms with Crippen LogP contribution in [0.5, 0.6) is 0 Å². The number of nitrogens with zero attached hydrogens (tertiary/aromatic N) is 1. The van der Waals surface area contributed by atoms with Crippen molar-refractivity contribution >= 4 is 24.8 Å². The normalized spacial score (nSPS) is 11.0. The average molecular weight is 286 g/mol. The fraction of sp³-hybridized carbons (Fsp3) is 0.333. The molecule has 0 aliphatic rings. The van der Waals surface area contributed by atoms with Gasteiger partial charge >= 0.3 is 82.5 Å². The Kier molecular flexibility index (Phi) is 3.30. The Morgan fingerprint density at radius 1 is 1.38 bits per heavy atom. The summed E-state index contributed by atoms with van der Waals surface area (Å²) in [5, 5.41) is 0. The van der Waals surface area contributed by atoms with Crippen LogP contribution in [0, 0.1) is 0 Å². The monoisotopic (exact) mass is 287 g/mol. The van der Waals surface area contributed by atoms with Crippen LogP contribution < -0.4 is 0 Å². The Morgan fingerprint density at radius 2 is 2.08 bits per heavy atom. The van der Waals surface area contributed by atoms with E-state index < -0.39 is 18.8 Å². The van der Waals surface area contributed by atoms with Crippen LogP contribution >= 0.6 is 0 Å². The van der Waals surface area contributed by atoms with Crippen molar-refractivity contribution in [2.75, 3.05) is 0 Å². The molecule has 0 bridgehead atoms. The standard InChI is InChI=1S/C6H5NO2.3CH3.Sn/c8-6(9)5-3-1-2-4-7-5;;;;/h1-4H,(H,8,9);3*1H3;/q;;;;+1/p-1. The molecule has 0 aromatic carbocycles. The maximum absolute atomic E-state index is 11.4. The number of hydrogen-bond acceptors (Lipinski definition) is 3. The Labute approximate surface area is 82.6 Å². The quantitative estimate of drug-likeness (QED) is 0.781. The maximum atomic E-state index is 11.4. The molecule has 1 heterocycles. The third kappa shape index (κ3) is 3.76. The second kappa shape index (κ2) is 4.09. The van der Waals surface area contributed by atoms with Gasteiger partial charge in [0, 0.05) is 0 Å². The number of pyridine rings is 1. The minimum atomic E-state index is -2.47. The molecule has 0 radical (unpaired) electrons. The summed E-state index contributed by atoms with van der Waals surface area (Å²) in [4.78, 5) is 21.5. The van der Waals surface area contributed by atoms with Crippen LogP contribution in [0.2, 0.25) is 14.8 Å². The average Bonchev–Trinajstić information content (AvgIpc) is 2.03. The number of aromatic nitrogens is 1. The van der Waals surface area contributed by atoms with Gasteiger partial charge in [-0.25, -0.2) is 0 Å². The molecule has 0 atom stereocenters. The summed E-state index contributed by atoms with van der Waals surface area (Å²) in [6.45, 7) is 0. The summed E-state index contributed by atoms with van der Waals surface area (Å²) in [5.41, 5.74) is 0.397. The van der Waals surface area contributed by atoms with Crippen molar-refractivity contribution < 1.29 is 7.87 Å². The van der Waals surface area contributed by atoms with Gasteiger partial charge in [0.1, 0.15) is 0 Å². The van der Waals surface area contributed by atoms with E-state index in [0.29, 0.717) is 5.69 Å². The molecule has 0 fully saturated rings. The zero-order valence-electron chi connectivity index (χ0n) is 8.07. The summed E-state index contributed by atoms with van der Waals surface area (Å²) in [5.74, 6) is -0.288. The van der Waals surface area contributed by atoms with Crippen LogP contribution in [0.3, 0.4) is 0 Å². The molecule has 0 N–H and O–H groups in total. The van der Waals surface area contributed by atoms with Gasteiger partial charge in [-0.15, -0.1) is 0 Å². The van der Waals surface area contributed by atoms with Gasteiger partial charge in [0.15, 0.2) is 0 Å². The molecular weight excluding hydrogens is 273 g/mol. The minimum absolute atomic E-state index is 0.288. The van der Waals surface area contributed by atoms with Crippen LogP contribution in [0.25, 0.3) is 0 Å². The van der Waals surface area contributed by atoms with Crippen molar-refractivity contribution in [2.24, 2.45) is 0 Å². The number of hydrogen-bond donors (Lipinski definition) is 0. The first-order valence-corrected chi connectivity index (χ1v) is 13.9. The molecule has 1 aromatic rings. The van der Waals surface area contributed by atoms with E-state index in [0.717, 1.165) is 0 Å². The van der Waals surface area contributed by atoms with Crippen molar-refractivity contribution in [3.05, 3.63) is 30.1 Å². The van der Waals surface area contributed by atoms with Crippen molar-refractivity contribution in [2.45, 2.75) is 14.8 Å². The topological polar surface area (TPSA) is 39.2 Å². The van der Waals surface area contributed by atoms with Crippen LogP contribution in [-0.4, -0.2) is 29.7 Å². The molecular formula is C9H13NO2Sn. The van der Waals surface area contributed by atoms with Gasteiger partial charge in [0.25, 0.3) is 0 Å². The van der Waals surface area contributed by atoms with Crippen LogP contribution in [-0.2, 0) is 3.07 Å². The van der Waals surface area contributed by atoms with Crippen molar-refractivity contribution in [1.82, 2.24) is 4.98 Å². The predicted octanol–water partition coefficient (Wildman–Crippen LogP) is 2.07. The third-order valence-corrected chi connectivity index (χ3v) is 3.55. The van der Waals surface area contributed by atoms with Crippen molar-refractivity contribution in [3.8, 4) is 0 Å². The van der Waals surface area contributed by atoms with E-state index in [1.54, 1.807) is 24.4 Å². The van der Waals surface area contributed by atoms with E-state index in [2.05, 4.69) is 4.98 Å². The second-order valence-electron chi connectivity index (χ2n) is 3.72. The molecule has 13 heavy (non-hydrogen) atoms. The second-order valence-corrected chi connectivity index (χ2v) is 16.4. The van der Waals surface area contributed by atoms with Crippen molar-refractivity contribution in [1.29, 1.82) is 0 Å². The van der Waals surface area contributed by atoms with Crippen LogP contribution in [0.15, 0.2) is 24.4 Å². The van der Waals surface area contributed by atoms with Crippen LogP contribution in [0.4, 0.5) is 0 Å². The molecule has 0 saturated heterocycles. The van der Waals surface area contributed by atoms with Gasteiger partial charge in [-0.2, -0.15) is 0 Å². The summed E-state index contributed by atoms with van der Waals surface area (Å²) >= 11 is -2.47. The first kappa shape index (κ1) is 10.5. The van der Waals surface area contributed by atoms with E-state index in [1.165, 1.54) is 0 Å². The van der Waals surface area contributed by atoms with Gasteiger partial charge < -0.3 is 0 Å². The Hall–Kier alpha value is -0.581. The molecule has 1 rings (SSSR count). The van der Waals surface area contributed by atoms with Crippen molar-refractivity contribution in [3.63, 3.8) is 0 Å². The molecule has 4 heteroatoms. The predicted molar refractivity (Wildman–Crippen MR) is 53.0 cm³/mol. The molecule has 0 unspecified atom stereocenters. The van der Waals surface area contributed by atoms with E-state index in [-0.39, 0.29) is 5.97 Å². The Bertz CT molecular complexity index is 292. The van der Waals surface area contributed by atoms with E-state index in [9.17, 15) is 4.79 Å². The SMILES string of the molecule is [CH3][Sn]([CH3])([CH3])[O]C(=O)c1ccccn1. The zero-order chi connectivity index (χ0) is 9.90. The molecule has 0 aliphatic carbocycles. The molecule has 3 nitrogen and oxygen atoms in total. The Balaban J connectivity index is 2.71. The van der Waals surface area contributed by atoms with E-state index >= 15 is 0 Å². The van der Waals surface area contributed by atoms with Gasteiger partial charge in [-0.05, 0) is 0 Å². The van der Waals surface area contributed by atoms with Gasteiger partial charge in [0.2, 0.25) is 0 Å². The number of carbonyl (C=O) groups excluding carboxylic acids is 1. The number of rotatable bonds is 2. The van der Waals surface area contributed by atoms with Gasteiger partial charge in [0.05, 0.1) is 0 Å². The van der Waals surface area contributed by atoms with Gasteiger partial charge in [-0.3, -0.25) is 0 Å². The van der Waals surface area contributed by atoms with E-state index in [1.807, 2.05) is 14.8 Å². The number of carbonyl (C=O) groups is 1. The summed E-state index contributed by atoms with van der Waals surface area (Å²) in [6, 6.07) is 5.22. The Morgan fingerprint density at radius 3 is 2.54 bits per heavy atom. The molecule has 1 aromatic heterocycles. The molecule has 0 aliphatic heterocycles.